The summed E-state index contributed by atoms with van der Waals surface area (Å²) >= 11 is 0. The smallest absolute Gasteiger partial charge is 0.118 e. The summed E-state index contributed by atoms with van der Waals surface area (Å²) in [6, 6.07) is 15.9. The summed E-state index contributed by atoms with van der Waals surface area (Å²) in [5.74, 6) is 0.856. The molecule has 1 aromatic heterocycles. The van der Waals surface area contributed by atoms with Crippen LogP contribution in [0, 0.1) is 0 Å². The SMILES string of the molecule is COc1ccc(/C=C/c2ncnc3ccccc23)cc1. The summed E-state index contributed by atoms with van der Waals surface area (Å²) in [6.45, 7) is 0. The van der Waals surface area contributed by atoms with Gasteiger partial charge in [0.05, 0.1) is 18.3 Å². The molecular formula is C17H14N2O. The second-order valence-electron chi connectivity index (χ2n) is 4.38. The third-order valence-electron chi connectivity index (χ3n) is 3.12. The molecule has 2 aromatic carbocycles. The van der Waals surface area contributed by atoms with Crippen LogP contribution in [0.3, 0.4) is 0 Å². The van der Waals surface area contributed by atoms with Crippen molar-refractivity contribution in [3.8, 4) is 5.75 Å². The Bertz CT molecular complexity index is 743. The minimum absolute atomic E-state index is 0.856. The van der Waals surface area contributed by atoms with Crippen LogP contribution in [0.1, 0.15) is 11.3 Å². The molecule has 0 fully saturated rings. The lowest BCUT2D eigenvalue weighted by atomic mass is 10.1. The van der Waals surface area contributed by atoms with E-state index < -0.39 is 0 Å². The monoisotopic (exact) mass is 262 g/mol. The zero-order valence-corrected chi connectivity index (χ0v) is 11.2. The molecule has 0 unspecified atom stereocenters. The topological polar surface area (TPSA) is 35.0 Å². The average Bonchev–Trinajstić information content (AvgIpc) is 2.53. The van der Waals surface area contributed by atoms with Gasteiger partial charge in [0, 0.05) is 5.39 Å². The first-order valence-electron chi connectivity index (χ1n) is 6.39. The van der Waals surface area contributed by atoms with Crippen LogP contribution in [-0.4, -0.2) is 17.1 Å². The molecule has 0 radical (unpaired) electrons. The largest absolute Gasteiger partial charge is 0.497 e. The number of hydrogen-bond donors (Lipinski definition) is 0. The van der Waals surface area contributed by atoms with Crippen molar-refractivity contribution in [3.05, 3.63) is 66.1 Å². The highest BCUT2D eigenvalue weighted by Crippen LogP contribution is 2.17. The minimum atomic E-state index is 0.856. The van der Waals surface area contributed by atoms with Gasteiger partial charge in [-0.2, -0.15) is 0 Å². The highest BCUT2D eigenvalue weighted by atomic mass is 16.5. The maximum Gasteiger partial charge on any atom is 0.118 e. The van der Waals surface area contributed by atoms with Crippen molar-refractivity contribution in [2.24, 2.45) is 0 Å². The Morgan fingerprint density at radius 2 is 1.70 bits per heavy atom. The highest BCUT2D eigenvalue weighted by molar-refractivity contribution is 5.88. The number of para-hydroxylation sites is 1. The molecule has 3 aromatic rings. The zero-order chi connectivity index (χ0) is 13.8. The molecule has 0 amide bonds. The van der Waals surface area contributed by atoms with Crippen molar-refractivity contribution < 1.29 is 4.74 Å². The maximum atomic E-state index is 5.14. The fourth-order valence-electron chi connectivity index (χ4n) is 2.05. The molecule has 98 valence electrons. The molecule has 0 N–H and O–H groups in total. The number of ether oxygens (including phenoxy) is 1. The Hall–Kier alpha value is -2.68. The molecule has 3 nitrogen and oxygen atoms in total. The Morgan fingerprint density at radius 3 is 2.50 bits per heavy atom. The summed E-state index contributed by atoms with van der Waals surface area (Å²) in [5, 5.41) is 1.06. The summed E-state index contributed by atoms with van der Waals surface area (Å²) in [6.07, 6.45) is 5.63. The minimum Gasteiger partial charge on any atom is -0.497 e. The van der Waals surface area contributed by atoms with Gasteiger partial charge in [-0.15, -0.1) is 0 Å². The van der Waals surface area contributed by atoms with E-state index in [1.165, 1.54) is 0 Å². The Labute approximate surface area is 117 Å². The first-order valence-corrected chi connectivity index (χ1v) is 6.39. The first-order chi connectivity index (χ1) is 9.86. The third-order valence-corrected chi connectivity index (χ3v) is 3.12. The van der Waals surface area contributed by atoms with Crippen LogP contribution in [0.5, 0.6) is 5.75 Å². The fraction of sp³-hybridized carbons (Fsp3) is 0.0588. The van der Waals surface area contributed by atoms with Crippen molar-refractivity contribution in [2.45, 2.75) is 0 Å². The van der Waals surface area contributed by atoms with Gasteiger partial charge >= 0.3 is 0 Å². The van der Waals surface area contributed by atoms with Gasteiger partial charge in [-0.05, 0) is 29.8 Å². The molecule has 0 aliphatic carbocycles. The summed E-state index contributed by atoms with van der Waals surface area (Å²) < 4.78 is 5.14. The highest BCUT2D eigenvalue weighted by Gasteiger charge is 1.99. The lowest BCUT2D eigenvalue weighted by Gasteiger charge is -2.01. The Morgan fingerprint density at radius 1 is 0.900 bits per heavy atom. The molecule has 0 atom stereocenters. The van der Waals surface area contributed by atoms with Gasteiger partial charge in [-0.3, -0.25) is 0 Å². The van der Waals surface area contributed by atoms with Crippen molar-refractivity contribution in [3.63, 3.8) is 0 Å². The van der Waals surface area contributed by atoms with Crippen LogP contribution >= 0.6 is 0 Å². The maximum absolute atomic E-state index is 5.14. The van der Waals surface area contributed by atoms with Gasteiger partial charge in [0.2, 0.25) is 0 Å². The van der Waals surface area contributed by atoms with E-state index in [9.17, 15) is 0 Å². The number of hydrogen-bond acceptors (Lipinski definition) is 3. The van der Waals surface area contributed by atoms with Crippen LogP contribution in [0.4, 0.5) is 0 Å². The van der Waals surface area contributed by atoms with Crippen LogP contribution in [-0.2, 0) is 0 Å². The van der Waals surface area contributed by atoms with Crippen molar-refractivity contribution >= 4 is 23.1 Å². The Kier molecular flexibility index (Phi) is 3.42. The average molecular weight is 262 g/mol. The molecule has 0 saturated heterocycles. The van der Waals surface area contributed by atoms with E-state index in [0.717, 1.165) is 27.9 Å². The van der Waals surface area contributed by atoms with Crippen LogP contribution < -0.4 is 4.74 Å². The molecular weight excluding hydrogens is 248 g/mol. The van der Waals surface area contributed by atoms with E-state index >= 15 is 0 Å². The third kappa shape index (κ3) is 2.52. The van der Waals surface area contributed by atoms with Crippen molar-refractivity contribution in [1.29, 1.82) is 0 Å². The van der Waals surface area contributed by atoms with Crippen LogP contribution in [0.2, 0.25) is 0 Å². The molecule has 3 heteroatoms. The van der Waals surface area contributed by atoms with E-state index in [0.29, 0.717) is 0 Å². The molecule has 20 heavy (non-hydrogen) atoms. The molecule has 0 aliphatic rings. The van der Waals surface area contributed by atoms with E-state index in [-0.39, 0.29) is 0 Å². The number of fused-ring (bicyclic) bond motifs is 1. The van der Waals surface area contributed by atoms with Crippen LogP contribution in [0.15, 0.2) is 54.9 Å². The number of benzene rings is 2. The van der Waals surface area contributed by atoms with E-state index in [4.69, 9.17) is 4.74 Å². The van der Waals surface area contributed by atoms with Gasteiger partial charge in [0.1, 0.15) is 12.1 Å². The molecule has 3 rings (SSSR count). The molecule has 0 bridgehead atoms. The summed E-state index contributed by atoms with van der Waals surface area (Å²) in [4.78, 5) is 8.59. The lowest BCUT2D eigenvalue weighted by Crippen LogP contribution is -1.86. The quantitative estimate of drug-likeness (QED) is 0.720. The summed E-state index contributed by atoms with van der Waals surface area (Å²) in [7, 11) is 1.66. The number of methoxy groups -OCH3 is 1. The normalized spacial score (nSPS) is 11.1. The Balaban J connectivity index is 1.93. The fourth-order valence-corrected chi connectivity index (χ4v) is 2.05. The van der Waals surface area contributed by atoms with Crippen molar-refractivity contribution in [1.82, 2.24) is 9.97 Å². The van der Waals surface area contributed by atoms with Gasteiger partial charge < -0.3 is 4.74 Å². The standard InChI is InChI=1S/C17H14N2O/c1-20-14-9-6-13(7-10-14)8-11-17-15-4-2-3-5-16(15)18-12-19-17/h2-12H,1H3/b11-8+. The molecule has 0 saturated carbocycles. The molecule has 1 heterocycles. The van der Waals surface area contributed by atoms with Crippen LogP contribution in [0.25, 0.3) is 23.1 Å². The van der Waals surface area contributed by atoms with Crippen molar-refractivity contribution in [2.75, 3.05) is 7.11 Å². The second-order valence-corrected chi connectivity index (χ2v) is 4.38. The number of nitrogens with zero attached hydrogens (tertiary/aromatic N) is 2. The zero-order valence-electron chi connectivity index (χ0n) is 11.2. The van der Waals surface area contributed by atoms with Gasteiger partial charge in [-0.25, -0.2) is 9.97 Å². The van der Waals surface area contributed by atoms with Gasteiger partial charge in [0.25, 0.3) is 0 Å². The second kappa shape index (κ2) is 5.53. The number of aromatic nitrogens is 2. The lowest BCUT2D eigenvalue weighted by molar-refractivity contribution is 0.415. The van der Waals surface area contributed by atoms with E-state index in [2.05, 4.69) is 9.97 Å². The molecule has 0 spiro atoms. The number of rotatable bonds is 3. The summed E-state index contributed by atoms with van der Waals surface area (Å²) in [5.41, 5.74) is 2.98. The van der Waals surface area contributed by atoms with Gasteiger partial charge in [0.15, 0.2) is 0 Å². The predicted octanol–water partition coefficient (Wildman–Crippen LogP) is 3.81. The molecule has 0 aliphatic heterocycles. The first kappa shape index (κ1) is 12.4. The van der Waals surface area contributed by atoms with E-state index in [1.807, 2.05) is 60.7 Å². The predicted molar refractivity (Wildman–Crippen MR) is 81.5 cm³/mol. The van der Waals surface area contributed by atoms with Gasteiger partial charge in [-0.1, -0.05) is 36.4 Å². The van der Waals surface area contributed by atoms with E-state index in [1.54, 1.807) is 13.4 Å².